The quantitative estimate of drug-likeness (QED) is 0.862. The number of nitrogens with one attached hydrogen (secondary N) is 1. The summed E-state index contributed by atoms with van der Waals surface area (Å²) in [4.78, 5) is 9.65. The third-order valence-corrected chi connectivity index (χ3v) is 7.39. The maximum atomic E-state index is 4.85. The van der Waals surface area contributed by atoms with Crippen molar-refractivity contribution >= 4 is 23.5 Å². The molecule has 1 aromatic heterocycles. The molecular weight excluding hydrogens is 274 g/mol. The number of thioether (sulfide) groups is 2. The molecule has 1 fully saturated rings. The zero-order chi connectivity index (χ0) is 13.4. The second-order valence-corrected chi connectivity index (χ2v) is 8.38. The third-order valence-electron chi connectivity index (χ3n) is 4.00. The van der Waals surface area contributed by atoms with Gasteiger partial charge in [-0.25, -0.2) is 9.97 Å². The van der Waals surface area contributed by atoms with E-state index in [9.17, 15) is 0 Å². The van der Waals surface area contributed by atoms with Crippen molar-refractivity contribution in [2.24, 2.45) is 0 Å². The molecule has 3 unspecified atom stereocenters. The minimum atomic E-state index is 0.460. The van der Waals surface area contributed by atoms with Crippen LogP contribution >= 0.6 is 23.5 Å². The Kier molecular flexibility index (Phi) is 4.06. The van der Waals surface area contributed by atoms with Gasteiger partial charge in [0, 0.05) is 28.5 Å². The molecule has 0 radical (unpaired) electrons. The lowest BCUT2D eigenvalue weighted by atomic mass is 10.0. The highest BCUT2D eigenvalue weighted by molar-refractivity contribution is 8.07. The summed E-state index contributed by atoms with van der Waals surface area (Å²) >= 11 is 4.10. The highest BCUT2D eigenvalue weighted by Crippen LogP contribution is 2.43. The summed E-state index contributed by atoms with van der Waals surface area (Å²) < 4.78 is 0. The lowest BCUT2D eigenvalue weighted by Gasteiger charge is -2.31. The topological polar surface area (TPSA) is 37.8 Å². The number of fused-ring (bicyclic) bond motifs is 1. The summed E-state index contributed by atoms with van der Waals surface area (Å²) in [5, 5.41) is 5.29. The van der Waals surface area contributed by atoms with Gasteiger partial charge in [0.25, 0.3) is 0 Å². The van der Waals surface area contributed by atoms with E-state index < -0.39 is 0 Å². The summed E-state index contributed by atoms with van der Waals surface area (Å²) in [6.45, 7) is 8.74. The Morgan fingerprint density at radius 3 is 2.84 bits per heavy atom. The Morgan fingerprint density at radius 2 is 2.05 bits per heavy atom. The van der Waals surface area contributed by atoms with Crippen LogP contribution in [0.2, 0.25) is 0 Å². The predicted molar refractivity (Wildman–Crippen MR) is 83.9 cm³/mol. The highest BCUT2D eigenvalue weighted by Gasteiger charge is 2.29. The van der Waals surface area contributed by atoms with Gasteiger partial charge in [-0.15, -0.1) is 11.8 Å². The Labute approximate surface area is 123 Å². The second-order valence-electron chi connectivity index (χ2n) is 5.39. The first-order valence-electron chi connectivity index (χ1n) is 6.99. The molecule has 1 aromatic rings. The number of hydrogen-bond donors (Lipinski definition) is 1. The molecule has 0 bridgehead atoms. The largest absolute Gasteiger partial charge is 0.311 e. The molecule has 104 valence electrons. The van der Waals surface area contributed by atoms with Crippen molar-refractivity contribution in [2.75, 3.05) is 12.3 Å². The zero-order valence-electron chi connectivity index (χ0n) is 11.8. The minimum absolute atomic E-state index is 0.460. The van der Waals surface area contributed by atoms with Gasteiger partial charge < -0.3 is 5.32 Å². The predicted octanol–water partition coefficient (Wildman–Crippen LogP) is 2.73. The normalized spacial score (nSPS) is 31.0. The summed E-state index contributed by atoms with van der Waals surface area (Å²) in [7, 11) is 0. The van der Waals surface area contributed by atoms with Gasteiger partial charge in [0.2, 0.25) is 0 Å². The van der Waals surface area contributed by atoms with Gasteiger partial charge in [0.05, 0.1) is 10.9 Å². The number of rotatable bonds is 1. The zero-order valence-corrected chi connectivity index (χ0v) is 13.4. The molecule has 1 saturated heterocycles. The van der Waals surface area contributed by atoms with Crippen molar-refractivity contribution in [3.8, 4) is 0 Å². The van der Waals surface area contributed by atoms with Crippen LogP contribution in [-0.2, 0) is 13.0 Å². The van der Waals surface area contributed by atoms with Crippen LogP contribution in [0.1, 0.15) is 41.9 Å². The van der Waals surface area contributed by atoms with E-state index in [1.54, 1.807) is 0 Å². The molecule has 3 heterocycles. The van der Waals surface area contributed by atoms with E-state index in [-0.39, 0.29) is 0 Å². The monoisotopic (exact) mass is 295 g/mol. The van der Waals surface area contributed by atoms with Gasteiger partial charge in [-0.1, -0.05) is 13.8 Å². The van der Waals surface area contributed by atoms with Gasteiger partial charge in [-0.2, -0.15) is 11.8 Å². The molecular formula is C14H21N3S2. The van der Waals surface area contributed by atoms with Crippen LogP contribution in [-0.4, -0.2) is 32.8 Å². The summed E-state index contributed by atoms with van der Waals surface area (Å²) in [6, 6.07) is 0. The Bertz CT molecular complexity index is 478. The molecule has 2 aliphatic heterocycles. The second kappa shape index (κ2) is 5.62. The van der Waals surface area contributed by atoms with Crippen molar-refractivity contribution in [1.82, 2.24) is 15.3 Å². The maximum absolute atomic E-state index is 4.85. The lowest BCUT2D eigenvalue weighted by molar-refractivity contribution is 0.612. The summed E-state index contributed by atoms with van der Waals surface area (Å²) in [6.07, 6.45) is 1.07. The van der Waals surface area contributed by atoms with Gasteiger partial charge in [-0.3, -0.25) is 0 Å². The molecule has 0 spiro atoms. The van der Waals surface area contributed by atoms with E-state index in [0.717, 1.165) is 36.3 Å². The number of aryl methyl sites for hydroxylation is 1. The molecule has 3 atom stereocenters. The van der Waals surface area contributed by atoms with E-state index in [2.05, 4.69) is 37.8 Å². The molecule has 19 heavy (non-hydrogen) atoms. The number of nitrogens with zero attached hydrogens (tertiary/aromatic N) is 2. The Balaban J connectivity index is 1.87. The molecule has 5 heteroatoms. The van der Waals surface area contributed by atoms with Crippen molar-refractivity contribution in [3.05, 3.63) is 22.8 Å². The average molecular weight is 295 g/mol. The van der Waals surface area contributed by atoms with Crippen molar-refractivity contribution in [1.29, 1.82) is 0 Å². The van der Waals surface area contributed by atoms with Crippen LogP contribution in [0.4, 0.5) is 0 Å². The summed E-state index contributed by atoms with van der Waals surface area (Å²) in [5.74, 6) is 2.19. The summed E-state index contributed by atoms with van der Waals surface area (Å²) in [5.41, 5.74) is 3.79. The minimum Gasteiger partial charge on any atom is -0.311 e. The first-order valence-corrected chi connectivity index (χ1v) is 8.98. The SMILES string of the molecule is Cc1nc(C2CSC(C)C(C)S2)nc2c1CCNC2. The van der Waals surface area contributed by atoms with E-state index in [4.69, 9.17) is 9.97 Å². The van der Waals surface area contributed by atoms with Crippen LogP contribution in [0.5, 0.6) is 0 Å². The van der Waals surface area contributed by atoms with Crippen LogP contribution in [0, 0.1) is 6.92 Å². The Morgan fingerprint density at radius 1 is 1.21 bits per heavy atom. The van der Waals surface area contributed by atoms with Gasteiger partial charge in [0.15, 0.2) is 0 Å². The van der Waals surface area contributed by atoms with Gasteiger partial charge in [0.1, 0.15) is 5.82 Å². The fourth-order valence-electron chi connectivity index (χ4n) is 2.63. The van der Waals surface area contributed by atoms with Gasteiger partial charge >= 0.3 is 0 Å². The van der Waals surface area contributed by atoms with Crippen molar-refractivity contribution in [2.45, 2.75) is 49.5 Å². The highest BCUT2D eigenvalue weighted by atomic mass is 32.2. The first-order chi connectivity index (χ1) is 9.15. The third kappa shape index (κ3) is 2.78. The fraction of sp³-hybridized carbons (Fsp3) is 0.714. The smallest absolute Gasteiger partial charge is 0.142 e. The number of aromatic nitrogens is 2. The van der Waals surface area contributed by atoms with E-state index in [1.807, 2.05) is 11.8 Å². The number of hydrogen-bond acceptors (Lipinski definition) is 5. The molecule has 0 aromatic carbocycles. The molecule has 2 aliphatic rings. The van der Waals surface area contributed by atoms with E-state index in [1.165, 1.54) is 17.0 Å². The van der Waals surface area contributed by atoms with Crippen LogP contribution in [0.25, 0.3) is 0 Å². The van der Waals surface area contributed by atoms with Gasteiger partial charge in [-0.05, 0) is 25.5 Å². The maximum Gasteiger partial charge on any atom is 0.142 e. The first kappa shape index (κ1) is 13.7. The molecule has 0 saturated carbocycles. The van der Waals surface area contributed by atoms with Crippen LogP contribution in [0.3, 0.4) is 0 Å². The van der Waals surface area contributed by atoms with Crippen LogP contribution < -0.4 is 5.32 Å². The standard InChI is InChI=1S/C14H21N3S2/c1-8-11-4-5-15-6-12(11)17-14(16-8)13-7-18-9(2)10(3)19-13/h9-10,13,15H,4-7H2,1-3H3. The Hall–Kier alpha value is -0.260. The fourth-order valence-corrected chi connectivity index (χ4v) is 5.48. The molecule has 1 N–H and O–H groups in total. The molecule has 3 rings (SSSR count). The molecule has 0 amide bonds. The molecule has 0 aliphatic carbocycles. The molecule has 3 nitrogen and oxygen atoms in total. The van der Waals surface area contributed by atoms with E-state index in [0.29, 0.717) is 10.5 Å². The van der Waals surface area contributed by atoms with Crippen LogP contribution in [0.15, 0.2) is 0 Å². The van der Waals surface area contributed by atoms with Crippen molar-refractivity contribution < 1.29 is 0 Å². The van der Waals surface area contributed by atoms with Crippen molar-refractivity contribution in [3.63, 3.8) is 0 Å². The van der Waals surface area contributed by atoms with E-state index >= 15 is 0 Å². The lowest BCUT2D eigenvalue weighted by Crippen LogP contribution is -2.28. The average Bonchev–Trinajstić information content (AvgIpc) is 2.42.